The van der Waals surface area contributed by atoms with Gasteiger partial charge in [-0.25, -0.2) is 0 Å². The smallest absolute Gasteiger partial charge is 0.108 e. The van der Waals surface area contributed by atoms with Crippen LogP contribution in [0, 0.1) is 5.92 Å². The monoisotopic (exact) mass is 280 g/mol. The molecular formula is C20H24O. The minimum absolute atomic E-state index is 0.0642. The summed E-state index contributed by atoms with van der Waals surface area (Å²) < 4.78 is 6.35. The van der Waals surface area contributed by atoms with Crippen LogP contribution in [-0.2, 0) is 4.74 Å². The van der Waals surface area contributed by atoms with Crippen molar-refractivity contribution >= 4 is 0 Å². The quantitative estimate of drug-likeness (QED) is 0.715. The molecule has 0 bridgehead atoms. The first-order chi connectivity index (χ1) is 10.4. The maximum Gasteiger partial charge on any atom is 0.108 e. The average Bonchev–Trinajstić information content (AvgIpc) is 2.58. The van der Waals surface area contributed by atoms with E-state index in [1.165, 1.54) is 43.2 Å². The molecule has 0 N–H and O–H groups in total. The Kier molecular flexibility index (Phi) is 5.07. The number of rotatable bonds is 5. The van der Waals surface area contributed by atoms with Gasteiger partial charge in [0.25, 0.3) is 0 Å². The van der Waals surface area contributed by atoms with Gasteiger partial charge in [-0.1, -0.05) is 79.9 Å². The van der Waals surface area contributed by atoms with Gasteiger partial charge in [0.1, 0.15) is 6.10 Å². The molecule has 1 nitrogen and oxygen atoms in total. The highest BCUT2D eigenvalue weighted by Crippen LogP contribution is 2.29. The molecule has 0 amide bonds. The highest BCUT2D eigenvalue weighted by Gasteiger charge is 2.19. The Bertz CT molecular complexity index is 475. The van der Waals surface area contributed by atoms with Crippen molar-refractivity contribution in [3.05, 3.63) is 71.8 Å². The molecule has 0 heterocycles. The van der Waals surface area contributed by atoms with E-state index in [0.717, 1.165) is 12.5 Å². The van der Waals surface area contributed by atoms with Gasteiger partial charge in [0.2, 0.25) is 0 Å². The van der Waals surface area contributed by atoms with Crippen LogP contribution in [0.2, 0.25) is 0 Å². The van der Waals surface area contributed by atoms with E-state index < -0.39 is 0 Å². The second kappa shape index (κ2) is 7.42. The zero-order valence-corrected chi connectivity index (χ0v) is 12.6. The summed E-state index contributed by atoms with van der Waals surface area (Å²) in [4.78, 5) is 0. The Morgan fingerprint density at radius 2 is 1.29 bits per heavy atom. The van der Waals surface area contributed by atoms with E-state index in [4.69, 9.17) is 4.74 Å². The molecule has 0 saturated heterocycles. The van der Waals surface area contributed by atoms with Crippen molar-refractivity contribution in [1.82, 2.24) is 0 Å². The molecule has 1 heteroatoms. The first kappa shape index (κ1) is 14.3. The van der Waals surface area contributed by atoms with E-state index in [1.807, 2.05) is 0 Å². The van der Waals surface area contributed by atoms with Gasteiger partial charge in [0.15, 0.2) is 0 Å². The summed E-state index contributed by atoms with van der Waals surface area (Å²) in [6.07, 6.45) is 6.86. The van der Waals surface area contributed by atoms with E-state index in [2.05, 4.69) is 60.7 Å². The Morgan fingerprint density at radius 3 is 1.81 bits per heavy atom. The molecule has 0 aliphatic heterocycles. The molecule has 1 aliphatic rings. The van der Waals surface area contributed by atoms with Crippen LogP contribution in [-0.4, -0.2) is 6.61 Å². The highest BCUT2D eigenvalue weighted by molar-refractivity contribution is 5.29. The number of hydrogen-bond donors (Lipinski definition) is 0. The largest absolute Gasteiger partial charge is 0.369 e. The van der Waals surface area contributed by atoms with Gasteiger partial charge in [-0.2, -0.15) is 0 Å². The lowest BCUT2D eigenvalue weighted by atomic mass is 9.90. The number of hydrogen-bond acceptors (Lipinski definition) is 1. The maximum absolute atomic E-state index is 6.35. The van der Waals surface area contributed by atoms with E-state index >= 15 is 0 Å². The third kappa shape index (κ3) is 3.95. The molecule has 2 aromatic rings. The Balaban J connectivity index is 1.73. The lowest BCUT2D eigenvalue weighted by molar-refractivity contribution is 0.0419. The summed E-state index contributed by atoms with van der Waals surface area (Å²) in [5.41, 5.74) is 2.50. The SMILES string of the molecule is c1ccc(C(OCC2CCCCC2)c2ccccc2)cc1. The lowest BCUT2D eigenvalue weighted by Crippen LogP contribution is -2.16. The Morgan fingerprint density at radius 1 is 0.762 bits per heavy atom. The van der Waals surface area contributed by atoms with Crippen molar-refractivity contribution in [1.29, 1.82) is 0 Å². The van der Waals surface area contributed by atoms with E-state index in [1.54, 1.807) is 0 Å². The van der Waals surface area contributed by atoms with Gasteiger partial charge in [0, 0.05) is 0 Å². The molecule has 110 valence electrons. The van der Waals surface area contributed by atoms with Gasteiger partial charge in [0.05, 0.1) is 6.61 Å². The molecule has 0 aromatic heterocycles. The van der Waals surface area contributed by atoms with Gasteiger partial charge in [-0.3, -0.25) is 0 Å². The van der Waals surface area contributed by atoms with Crippen molar-refractivity contribution in [2.45, 2.75) is 38.2 Å². The van der Waals surface area contributed by atoms with E-state index in [0.29, 0.717) is 0 Å². The summed E-state index contributed by atoms with van der Waals surface area (Å²) in [6.45, 7) is 0.883. The van der Waals surface area contributed by atoms with Crippen LogP contribution in [0.3, 0.4) is 0 Å². The number of benzene rings is 2. The van der Waals surface area contributed by atoms with Crippen LogP contribution in [0.15, 0.2) is 60.7 Å². The van der Waals surface area contributed by atoms with Crippen molar-refractivity contribution in [2.24, 2.45) is 5.92 Å². The van der Waals surface area contributed by atoms with Crippen molar-refractivity contribution in [2.75, 3.05) is 6.61 Å². The Labute approximate surface area is 128 Å². The van der Waals surface area contributed by atoms with Crippen molar-refractivity contribution < 1.29 is 4.74 Å². The molecule has 2 aromatic carbocycles. The topological polar surface area (TPSA) is 9.23 Å². The molecule has 21 heavy (non-hydrogen) atoms. The molecule has 1 saturated carbocycles. The summed E-state index contributed by atoms with van der Waals surface area (Å²) in [6, 6.07) is 21.2. The van der Waals surface area contributed by atoms with Gasteiger partial charge in [-0.15, -0.1) is 0 Å². The van der Waals surface area contributed by atoms with Crippen LogP contribution in [0.4, 0.5) is 0 Å². The predicted octanol–water partition coefficient (Wildman–Crippen LogP) is 5.37. The maximum atomic E-state index is 6.35. The van der Waals surface area contributed by atoms with Crippen LogP contribution >= 0.6 is 0 Å². The zero-order chi connectivity index (χ0) is 14.3. The molecule has 1 aliphatic carbocycles. The fourth-order valence-corrected chi connectivity index (χ4v) is 3.23. The summed E-state index contributed by atoms with van der Waals surface area (Å²) in [5, 5.41) is 0. The summed E-state index contributed by atoms with van der Waals surface area (Å²) in [5.74, 6) is 0.744. The predicted molar refractivity (Wildman–Crippen MR) is 87.3 cm³/mol. The zero-order valence-electron chi connectivity index (χ0n) is 12.6. The number of ether oxygens (including phenoxy) is 1. The van der Waals surface area contributed by atoms with Crippen LogP contribution in [0.5, 0.6) is 0 Å². The molecule has 0 spiro atoms. The molecule has 0 radical (unpaired) electrons. The highest BCUT2D eigenvalue weighted by atomic mass is 16.5. The van der Waals surface area contributed by atoms with Crippen LogP contribution in [0.1, 0.15) is 49.3 Å². The fourth-order valence-electron chi connectivity index (χ4n) is 3.23. The molecule has 1 fully saturated rings. The standard InChI is InChI=1S/C20H24O/c1-4-10-17(11-5-1)16-21-20(18-12-6-2-7-13-18)19-14-8-3-9-15-19/h2-3,6-9,12-15,17,20H,1,4-5,10-11,16H2. The molecule has 0 atom stereocenters. The van der Waals surface area contributed by atoms with Crippen LogP contribution in [0.25, 0.3) is 0 Å². The molecule has 3 rings (SSSR count). The molecule has 0 unspecified atom stereocenters. The van der Waals surface area contributed by atoms with Crippen LogP contribution < -0.4 is 0 Å². The average molecular weight is 280 g/mol. The normalized spacial score (nSPS) is 16.2. The summed E-state index contributed by atoms with van der Waals surface area (Å²) in [7, 11) is 0. The third-order valence-electron chi connectivity index (χ3n) is 4.43. The fraction of sp³-hybridized carbons (Fsp3) is 0.400. The van der Waals surface area contributed by atoms with E-state index in [9.17, 15) is 0 Å². The van der Waals surface area contributed by atoms with Gasteiger partial charge < -0.3 is 4.74 Å². The first-order valence-corrected chi connectivity index (χ1v) is 8.15. The first-order valence-electron chi connectivity index (χ1n) is 8.15. The minimum atomic E-state index is 0.0642. The minimum Gasteiger partial charge on any atom is -0.369 e. The van der Waals surface area contributed by atoms with Gasteiger partial charge in [-0.05, 0) is 29.9 Å². The van der Waals surface area contributed by atoms with Crippen molar-refractivity contribution in [3.63, 3.8) is 0 Å². The lowest BCUT2D eigenvalue weighted by Gasteiger charge is -2.25. The molecular weight excluding hydrogens is 256 g/mol. The van der Waals surface area contributed by atoms with E-state index in [-0.39, 0.29) is 6.10 Å². The Hall–Kier alpha value is -1.60. The second-order valence-electron chi connectivity index (χ2n) is 6.04. The summed E-state index contributed by atoms with van der Waals surface area (Å²) >= 11 is 0. The second-order valence-corrected chi connectivity index (χ2v) is 6.04. The van der Waals surface area contributed by atoms with Gasteiger partial charge >= 0.3 is 0 Å². The van der Waals surface area contributed by atoms with Crippen molar-refractivity contribution in [3.8, 4) is 0 Å². The third-order valence-corrected chi connectivity index (χ3v) is 4.43.